The average molecular weight is 304 g/mol. The summed E-state index contributed by atoms with van der Waals surface area (Å²) in [7, 11) is 0. The monoisotopic (exact) mass is 303 g/mol. The van der Waals surface area contributed by atoms with Crippen molar-refractivity contribution in [2.24, 2.45) is 5.73 Å². The molecule has 2 rings (SSSR count). The van der Waals surface area contributed by atoms with Crippen LogP contribution in [0.25, 0.3) is 0 Å². The first-order valence-electron chi connectivity index (χ1n) is 6.86. The van der Waals surface area contributed by atoms with Crippen molar-refractivity contribution < 1.29 is 9.53 Å². The number of hydrogen-bond acceptors (Lipinski definition) is 3. The van der Waals surface area contributed by atoms with Crippen LogP contribution in [-0.2, 0) is 22.6 Å². The lowest BCUT2D eigenvalue weighted by Gasteiger charge is -2.11. The van der Waals surface area contributed by atoms with Crippen LogP contribution in [0, 0.1) is 0 Å². The zero-order chi connectivity index (χ0) is 15.1. The van der Waals surface area contributed by atoms with Gasteiger partial charge in [-0.05, 0) is 36.1 Å². The Bertz CT molecular complexity index is 586. The Morgan fingerprint density at radius 1 is 1.10 bits per heavy atom. The van der Waals surface area contributed by atoms with Crippen molar-refractivity contribution in [3.8, 4) is 0 Å². The van der Waals surface area contributed by atoms with E-state index in [9.17, 15) is 4.79 Å². The molecular weight excluding hydrogens is 286 g/mol. The van der Waals surface area contributed by atoms with E-state index in [0.29, 0.717) is 11.4 Å². The Hall–Kier alpha value is -1.84. The Balaban J connectivity index is 1.77. The SMILES string of the molecule is NC(CCc1ccccc1)C(=O)OCc1cccc(Cl)c1. The topological polar surface area (TPSA) is 52.3 Å². The lowest BCUT2D eigenvalue weighted by Crippen LogP contribution is -2.32. The van der Waals surface area contributed by atoms with Gasteiger partial charge in [-0.15, -0.1) is 0 Å². The molecule has 0 aliphatic carbocycles. The van der Waals surface area contributed by atoms with Gasteiger partial charge in [-0.25, -0.2) is 0 Å². The molecule has 0 saturated carbocycles. The van der Waals surface area contributed by atoms with E-state index in [4.69, 9.17) is 22.1 Å². The van der Waals surface area contributed by atoms with E-state index in [1.54, 1.807) is 12.1 Å². The molecule has 2 aromatic rings. The fraction of sp³-hybridized carbons (Fsp3) is 0.235. The third kappa shape index (κ3) is 5.21. The molecule has 3 nitrogen and oxygen atoms in total. The number of benzene rings is 2. The molecule has 1 atom stereocenters. The van der Waals surface area contributed by atoms with Crippen LogP contribution < -0.4 is 5.73 Å². The largest absolute Gasteiger partial charge is 0.460 e. The van der Waals surface area contributed by atoms with Crippen molar-refractivity contribution in [2.75, 3.05) is 0 Å². The first-order chi connectivity index (χ1) is 10.1. The molecule has 0 aliphatic rings. The molecule has 0 bridgehead atoms. The number of halogens is 1. The Morgan fingerprint density at radius 3 is 2.52 bits per heavy atom. The molecule has 110 valence electrons. The van der Waals surface area contributed by atoms with Crippen molar-refractivity contribution in [3.05, 3.63) is 70.7 Å². The van der Waals surface area contributed by atoms with Crippen LogP contribution in [0.2, 0.25) is 5.02 Å². The van der Waals surface area contributed by atoms with Crippen molar-refractivity contribution in [1.82, 2.24) is 0 Å². The van der Waals surface area contributed by atoms with E-state index < -0.39 is 6.04 Å². The van der Waals surface area contributed by atoms with Gasteiger partial charge in [0.25, 0.3) is 0 Å². The second-order valence-electron chi connectivity index (χ2n) is 4.87. The minimum absolute atomic E-state index is 0.193. The van der Waals surface area contributed by atoms with E-state index in [1.807, 2.05) is 42.5 Å². The number of carbonyl (C=O) groups is 1. The van der Waals surface area contributed by atoms with Crippen LogP contribution in [0.5, 0.6) is 0 Å². The zero-order valence-corrected chi connectivity index (χ0v) is 12.4. The fourth-order valence-electron chi connectivity index (χ4n) is 1.97. The summed E-state index contributed by atoms with van der Waals surface area (Å²) in [6.07, 6.45) is 1.33. The third-order valence-corrected chi connectivity index (χ3v) is 3.39. The van der Waals surface area contributed by atoms with Crippen molar-refractivity contribution in [3.63, 3.8) is 0 Å². The van der Waals surface area contributed by atoms with Gasteiger partial charge in [-0.1, -0.05) is 54.1 Å². The van der Waals surface area contributed by atoms with Crippen molar-refractivity contribution in [2.45, 2.75) is 25.5 Å². The van der Waals surface area contributed by atoms with E-state index in [-0.39, 0.29) is 12.6 Å². The van der Waals surface area contributed by atoms with Crippen LogP contribution in [0.4, 0.5) is 0 Å². The average Bonchev–Trinajstić information content (AvgIpc) is 2.51. The predicted octanol–water partition coefficient (Wildman–Crippen LogP) is 3.34. The summed E-state index contributed by atoms with van der Waals surface area (Å²) < 4.78 is 5.21. The molecule has 0 heterocycles. The standard InChI is InChI=1S/C17H18ClNO2/c18-15-8-4-7-14(11-15)12-21-17(20)16(19)10-9-13-5-2-1-3-6-13/h1-8,11,16H,9-10,12,19H2. The van der Waals surface area contributed by atoms with Gasteiger partial charge in [0.15, 0.2) is 0 Å². The molecule has 0 aliphatic heterocycles. The van der Waals surface area contributed by atoms with Crippen molar-refractivity contribution in [1.29, 1.82) is 0 Å². The molecule has 0 fully saturated rings. The molecule has 0 radical (unpaired) electrons. The second kappa shape index (κ2) is 7.81. The molecule has 0 amide bonds. The highest BCUT2D eigenvalue weighted by Crippen LogP contribution is 2.12. The highest BCUT2D eigenvalue weighted by Gasteiger charge is 2.15. The number of ether oxygens (including phenoxy) is 1. The van der Waals surface area contributed by atoms with E-state index in [1.165, 1.54) is 0 Å². The Morgan fingerprint density at radius 2 is 1.81 bits per heavy atom. The first kappa shape index (κ1) is 15.5. The van der Waals surface area contributed by atoms with Crippen LogP contribution in [0.15, 0.2) is 54.6 Å². The van der Waals surface area contributed by atoms with Gasteiger partial charge in [-0.3, -0.25) is 4.79 Å². The summed E-state index contributed by atoms with van der Waals surface area (Å²) in [6.45, 7) is 0.193. The highest BCUT2D eigenvalue weighted by atomic mass is 35.5. The van der Waals surface area contributed by atoms with Gasteiger partial charge in [0.05, 0.1) is 0 Å². The van der Waals surface area contributed by atoms with Crippen molar-refractivity contribution >= 4 is 17.6 Å². The molecule has 21 heavy (non-hydrogen) atoms. The maximum atomic E-state index is 11.8. The van der Waals surface area contributed by atoms with Crippen LogP contribution in [0.1, 0.15) is 17.5 Å². The number of nitrogens with two attached hydrogens (primary N) is 1. The molecular formula is C17H18ClNO2. The van der Waals surface area contributed by atoms with Gasteiger partial charge in [0.2, 0.25) is 0 Å². The lowest BCUT2D eigenvalue weighted by atomic mass is 10.1. The van der Waals surface area contributed by atoms with Gasteiger partial charge in [0.1, 0.15) is 12.6 Å². The maximum Gasteiger partial charge on any atom is 0.323 e. The Labute approximate surface area is 129 Å². The smallest absolute Gasteiger partial charge is 0.323 e. The van der Waals surface area contributed by atoms with Gasteiger partial charge < -0.3 is 10.5 Å². The maximum absolute atomic E-state index is 11.8. The summed E-state index contributed by atoms with van der Waals surface area (Å²) in [5, 5.41) is 0.622. The number of aryl methyl sites for hydroxylation is 1. The van der Waals surface area contributed by atoms with Gasteiger partial charge in [-0.2, -0.15) is 0 Å². The molecule has 2 N–H and O–H groups in total. The molecule has 4 heteroatoms. The zero-order valence-electron chi connectivity index (χ0n) is 11.7. The highest BCUT2D eigenvalue weighted by molar-refractivity contribution is 6.30. The quantitative estimate of drug-likeness (QED) is 0.833. The number of esters is 1. The normalized spacial score (nSPS) is 11.9. The minimum atomic E-state index is -0.607. The summed E-state index contributed by atoms with van der Waals surface area (Å²) in [5.74, 6) is -0.383. The van der Waals surface area contributed by atoms with E-state index in [0.717, 1.165) is 17.5 Å². The van der Waals surface area contributed by atoms with Crippen LogP contribution >= 0.6 is 11.6 Å². The molecule has 0 spiro atoms. The molecule has 2 aromatic carbocycles. The number of rotatable bonds is 6. The number of carbonyl (C=O) groups excluding carboxylic acids is 1. The summed E-state index contributed by atoms with van der Waals surface area (Å²) in [4.78, 5) is 11.8. The molecule has 0 saturated heterocycles. The van der Waals surface area contributed by atoms with E-state index >= 15 is 0 Å². The van der Waals surface area contributed by atoms with Crippen LogP contribution in [0.3, 0.4) is 0 Å². The Kier molecular flexibility index (Phi) is 5.78. The lowest BCUT2D eigenvalue weighted by molar-refractivity contribution is -0.146. The molecule has 1 unspecified atom stereocenters. The van der Waals surface area contributed by atoms with Gasteiger partial charge in [0, 0.05) is 5.02 Å². The van der Waals surface area contributed by atoms with Gasteiger partial charge >= 0.3 is 5.97 Å². The predicted molar refractivity (Wildman–Crippen MR) is 84.0 cm³/mol. The summed E-state index contributed by atoms with van der Waals surface area (Å²) in [6, 6.07) is 16.6. The minimum Gasteiger partial charge on any atom is -0.460 e. The van der Waals surface area contributed by atoms with E-state index in [2.05, 4.69) is 0 Å². The number of hydrogen-bond donors (Lipinski definition) is 1. The fourth-order valence-corrected chi connectivity index (χ4v) is 2.19. The molecule has 0 aromatic heterocycles. The summed E-state index contributed by atoms with van der Waals surface area (Å²) in [5.41, 5.74) is 7.87. The van der Waals surface area contributed by atoms with Crippen LogP contribution in [-0.4, -0.2) is 12.0 Å². The second-order valence-corrected chi connectivity index (χ2v) is 5.30. The third-order valence-electron chi connectivity index (χ3n) is 3.16. The first-order valence-corrected chi connectivity index (χ1v) is 7.23. The summed E-state index contributed by atoms with van der Waals surface area (Å²) >= 11 is 5.88.